The molecule has 1 atom stereocenters. The second-order valence-corrected chi connectivity index (χ2v) is 3.21. The first kappa shape index (κ1) is 7.53. The molecule has 0 aromatic carbocycles. The molecule has 0 saturated carbocycles. The smallest absolute Gasteiger partial charge is 0.0225 e. The van der Waals surface area contributed by atoms with Crippen LogP contribution in [0.3, 0.4) is 0 Å². The first-order chi connectivity index (χ1) is 5.97. The molecule has 0 bridgehead atoms. The van der Waals surface area contributed by atoms with Crippen molar-refractivity contribution in [2.75, 3.05) is 0 Å². The van der Waals surface area contributed by atoms with Gasteiger partial charge in [-0.25, -0.2) is 0 Å². The highest BCUT2D eigenvalue weighted by Crippen LogP contribution is 2.22. The van der Waals surface area contributed by atoms with Crippen molar-refractivity contribution in [1.82, 2.24) is 0 Å². The molecule has 0 amide bonds. The quantitative estimate of drug-likeness (QED) is 0.558. The lowest BCUT2D eigenvalue weighted by Crippen LogP contribution is -2.06. The molecule has 0 radical (unpaired) electrons. The van der Waals surface area contributed by atoms with Crippen LogP contribution in [0.2, 0.25) is 0 Å². The summed E-state index contributed by atoms with van der Waals surface area (Å²) in [4.78, 5) is 4.15. The van der Waals surface area contributed by atoms with Crippen LogP contribution in [-0.4, -0.2) is 6.21 Å². The van der Waals surface area contributed by atoms with Crippen LogP contribution in [0.1, 0.15) is 19.3 Å². The van der Waals surface area contributed by atoms with Crippen LogP contribution >= 0.6 is 0 Å². The monoisotopic (exact) mass is 159 g/mol. The van der Waals surface area contributed by atoms with Crippen molar-refractivity contribution >= 4 is 6.21 Å². The molecule has 0 N–H and O–H groups in total. The number of allylic oxidation sites excluding steroid dienone is 5. The standard InChI is InChI=1S/C11H13N/c1-2-5-10(6-3-1)11-7-4-8-12-9-11/h2,4-6,8-9,11H,1,3,7H2. The zero-order valence-electron chi connectivity index (χ0n) is 7.11. The molecule has 1 aliphatic heterocycles. The molecule has 62 valence electrons. The van der Waals surface area contributed by atoms with Crippen molar-refractivity contribution in [1.29, 1.82) is 0 Å². The molecule has 0 fully saturated rings. The van der Waals surface area contributed by atoms with Gasteiger partial charge in [0.1, 0.15) is 0 Å². The van der Waals surface area contributed by atoms with E-state index in [0.29, 0.717) is 5.92 Å². The summed E-state index contributed by atoms with van der Waals surface area (Å²) >= 11 is 0. The predicted octanol–water partition coefficient (Wildman–Crippen LogP) is 2.87. The highest BCUT2D eigenvalue weighted by Gasteiger charge is 2.10. The molecule has 1 unspecified atom stereocenters. The van der Waals surface area contributed by atoms with Crippen LogP contribution in [0.5, 0.6) is 0 Å². The minimum atomic E-state index is 0.534. The minimum absolute atomic E-state index is 0.534. The van der Waals surface area contributed by atoms with Gasteiger partial charge in [0.25, 0.3) is 0 Å². The molecular formula is C11H13N. The van der Waals surface area contributed by atoms with E-state index < -0.39 is 0 Å². The lowest BCUT2D eigenvalue weighted by Gasteiger charge is -2.15. The molecular weight excluding hydrogens is 146 g/mol. The Labute approximate surface area is 73.2 Å². The molecule has 0 saturated heterocycles. The van der Waals surface area contributed by atoms with Crippen molar-refractivity contribution in [3.8, 4) is 0 Å². The maximum Gasteiger partial charge on any atom is 0.0225 e. The van der Waals surface area contributed by atoms with E-state index >= 15 is 0 Å². The molecule has 1 heteroatoms. The Morgan fingerprint density at radius 1 is 1.25 bits per heavy atom. The van der Waals surface area contributed by atoms with Crippen LogP contribution in [0.15, 0.2) is 41.1 Å². The Morgan fingerprint density at radius 2 is 2.25 bits per heavy atom. The highest BCUT2D eigenvalue weighted by molar-refractivity contribution is 5.68. The molecule has 0 aromatic heterocycles. The van der Waals surface area contributed by atoms with Crippen LogP contribution in [0.4, 0.5) is 0 Å². The average molecular weight is 159 g/mol. The van der Waals surface area contributed by atoms with Crippen molar-refractivity contribution in [3.63, 3.8) is 0 Å². The SMILES string of the molecule is C1=CC(C2C=NC=CC2)=CCC1. The fraction of sp³-hybridized carbons (Fsp3) is 0.364. The first-order valence-corrected chi connectivity index (χ1v) is 4.52. The average Bonchev–Trinajstić information content (AvgIpc) is 2.21. The summed E-state index contributed by atoms with van der Waals surface area (Å²) in [6, 6.07) is 0. The molecule has 2 aliphatic rings. The third kappa shape index (κ3) is 1.55. The summed E-state index contributed by atoms with van der Waals surface area (Å²) in [6.07, 6.45) is 16.4. The van der Waals surface area contributed by atoms with Gasteiger partial charge in [0.15, 0.2) is 0 Å². The molecule has 1 aliphatic carbocycles. The molecule has 1 heterocycles. The van der Waals surface area contributed by atoms with E-state index in [1.807, 2.05) is 12.4 Å². The third-order valence-corrected chi connectivity index (χ3v) is 2.30. The summed E-state index contributed by atoms with van der Waals surface area (Å²) in [5.74, 6) is 0.534. The molecule has 2 rings (SSSR count). The molecule has 0 aromatic rings. The van der Waals surface area contributed by atoms with E-state index in [2.05, 4.69) is 29.3 Å². The molecule has 0 spiro atoms. The van der Waals surface area contributed by atoms with Crippen molar-refractivity contribution in [3.05, 3.63) is 36.1 Å². The lowest BCUT2D eigenvalue weighted by molar-refractivity contribution is 0.823. The minimum Gasteiger partial charge on any atom is -0.269 e. The van der Waals surface area contributed by atoms with E-state index in [4.69, 9.17) is 0 Å². The van der Waals surface area contributed by atoms with Gasteiger partial charge in [0, 0.05) is 18.3 Å². The fourth-order valence-electron chi connectivity index (χ4n) is 1.61. The van der Waals surface area contributed by atoms with Gasteiger partial charge in [0.05, 0.1) is 0 Å². The summed E-state index contributed by atoms with van der Waals surface area (Å²) in [5.41, 5.74) is 1.44. The number of aliphatic imine (C=N–C) groups is 1. The largest absolute Gasteiger partial charge is 0.269 e. The van der Waals surface area contributed by atoms with E-state index in [0.717, 1.165) is 6.42 Å². The van der Waals surface area contributed by atoms with Crippen LogP contribution in [0, 0.1) is 5.92 Å². The fourth-order valence-corrected chi connectivity index (χ4v) is 1.61. The van der Waals surface area contributed by atoms with Gasteiger partial charge < -0.3 is 0 Å². The second kappa shape index (κ2) is 3.53. The third-order valence-electron chi connectivity index (χ3n) is 2.30. The Balaban J connectivity index is 2.09. The van der Waals surface area contributed by atoms with Gasteiger partial charge in [-0.3, -0.25) is 4.99 Å². The van der Waals surface area contributed by atoms with Crippen LogP contribution in [-0.2, 0) is 0 Å². The van der Waals surface area contributed by atoms with E-state index in [9.17, 15) is 0 Å². The number of hydrogen-bond donors (Lipinski definition) is 0. The zero-order chi connectivity index (χ0) is 8.23. The van der Waals surface area contributed by atoms with E-state index in [-0.39, 0.29) is 0 Å². The summed E-state index contributed by atoms with van der Waals surface area (Å²) in [5, 5.41) is 0. The summed E-state index contributed by atoms with van der Waals surface area (Å²) < 4.78 is 0. The van der Waals surface area contributed by atoms with Gasteiger partial charge >= 0.3 is 0 Å². The number of hydrogen-bond acceptors (Lipinski definition) is 1. The second-order valence-electron chi connectivity index (χ2n) is 3.21. The Bertz CT molecular complexity index is 269. The summed E-state index contributed by atoms with van der Waals surface area (Å²) in [7, 11) is 0. The Kier molecular flexibility index (Phi) is 2.21. The van der Waals surface area contributed by atoms with Crippen molar-refractivity contribution in [2.45, 2.75) is 19.3 Å². The first-order valence-electron chi connectivity index (χ1n) is 4.52. The van der Waals surface area contributed by atoms with Gasteiger partial charge in [-0.15, -0.1) is 0 Å². The van der Waals surface area contributed by atoms with E-state index in [1.54, 1.807) is 0 Å². The molecule has 12 heavy (non-hydrogen) atoms. The van der Waals surface area contributed by atoms with Gasteiger partial charge in [0.2, 0.25) is 0 Å². The number of nitrogens with zero attached hydrogens (tertiary/aromatic N) is 1. The topological polar surface area (TPSA) is 12.4 Å². The van der Waals surface area contributed by atoms with Crippen molar-refractivity contribution < 1.29 is 0 Å². The maximum absolute atomic E-state index is 4.15. The lowest BCUT2D eigenvalue weighted by atomic mass is 9.91. The Hall–Kier alpha value is -1.11. The maximum atomic E-state index is 4.15. The Morgan fingerprint density at radius 3 is 2.92 bits per heavy atom. The molecule has 1 nitrogen and oxygen atoms in total. The van der Waals surface area contributed by atoms with Crippen LogP contribution < -0.4 is 0 Å². The van der Waals surface area contributed by atoms with Gasteiger partial charge in [-0.2, -0.15) is 0 Å². The van der Waals surface area contributed by atoms with Gasteiger partial charge in [-0.1, -0.05) is 24.3 Å². The zero-order valence-corrected chi connectivity index (χ0v) is 7.11. The van der Waals surface area contributed by atoms with Gasteiger partial charge in [-0.05, 0) is 24.8 Å². The van der Waals surface area contributed by atoms with Crippen LogP contribution in [0.25, 0.3) is 0 Å². The van der Waals surface area contributed by atoms with E-state index in [1.165, 1.54) is 18.4 Å². The predicted molar refractivity (Wildman–Crippen MR) is 52.2 cm³/mol. The highest BCUT2D eigenvalue weighted by atomic mass is 14.7. The summed E-state index contributed by atoms with van der Waals surface area (Å²) in [6.45, 7) is 0. The number of rotatable bonds is 1. The normalized spacial score (nSPS) is 27.3. The van der Waals surface area contributed by atoms with Crippen molar-refractivity contribution in [2.24, 2.45) is 10.9 Å².